The average molecular weight is 253 g/mol. The minimum absolute atomic E-state index is 0.135. The van der Waals surface area contributed by atoms with E-state index in [1.165, 1.54) is 0 Å². The molecule has 0 aromatic carbocycles. The van der Waals surface area contributed by atoms with Crippen LogP contribution in [0.1, 0.15) is 12.8 Å². The molecular formula is C11H19N5O2. The van der Waals surface area contributed by atoms with E-state index in [4.69, 9.17) is 16.2 Å². The topological polar surface area (TPSA) is 111 Å². The molecule has 0 radical (unpaired) electrons. The van der Waals surface area contributed by atoms with Gasteiger partial charge < -0.3 is 26.2 Å². The smallest absolute Gasteiger partial charge is 0.223 e. The van der Waals surface area contributed by atoms with Gasteiger partial charge in [0.15, 0.2) is 0 Å². The Hall–Kier alpha value is -1.60. The summed E-state index contributed by atoms with van der Waals surface area (Å²) in [6.45, 7) is 1.63. The molecule has 1 fully saturated rings. The molecule has 1 aliphatic heterocycles. The number of ether oxygens (including phenoxy) is 1. The van der Waals surface area contributed by atoms with E-state index >= 15 is 0 Å². The third-order valence-corrected chi connectivity index (χ3v) is 3.10. The largest absolute Gasteiger partial charge is 0.388 e. The van der Waals surface area contributed by atoms with Crippen LogP contribution in [-0.4, -0.2) is 47.5 Å². The number of hydrogen-bond acceptors (Lipinski definition) is 7. The second kappa shape index (κ2) is 4.95. The molecule has 7 heteroatoms. The Morgan fingerprint density at radius 1 is 1.39 bits per heavy atom. The molecule has 2 heterocycles. The Bertz CT molecular complexity index is 400. The van der Waals surface area contributed by atoms with Crippen molar-refractivity contribution in [3.8, 4) is 0 Å². The van der Waals surface area contributed by atoms with E-state index in [0.717, 1.165) is 0 Å². The van der Waals surface area contributed by atoms with Crippen molar-refractivity contribution in [2.75, 3.05) is 43.2 Å². The van der Waals surface area contributed by atoms with Crippen LogP contribution in [0.3, 0.4) is 0 Å². The summed E-state index contributed by atoms with van der Waals surface area (Å²) < 4.78 is 5.25. The van der Waals surface area contributed by atoms with Crippen LogP contribution in [-0.2, 0) is 4.74 Å². The van der Waals surface area contributed by atoms with E-state index in [0.29, 0.717) is 44.2 Å². The maximum atomic E-state index is 10.4. The molecule has 0 aliphatic carbocycles. The third-order valence-electron chi connectivity index (χ3n) is 3.10. The molecule has 2 rings (SSSR count). The minimum Gasteiger partial charge on any atom is -0.388 e. The van der Waals surface area contributed by atoms with E-state index in [1.807, 2.05) is 11.9 Å². The van der Waals surface area contributed by atoms with Gasteiger partial charge in [0.25, 0.3) is 0 Å². The lowest BCUT2D eigenvalue weighted by Gasteiger charge is -2.35. The highest BCUT2D eigenvalue weighted by Crippen LogP contribution is 2.23. The van der Waals surface area contributed by atoms with Gasteiger partial charge in [0, 0.05) is 45.7 Å². The Labute approximate surface area is 106 Å². The molecule has 1 aliphatic rings. The summed E-state index contributed by atoms with van der Waals surface area (Å²) >= 11 is 0. The summed E-state index contributed by atoms with van der Waals surface area (Å²) in [5.74, 6) is 1.07. The summed E-state index contributed by atoms with van der Waals surface area (Å²) in [7, 11) is 1.84. The van der Waals surface area contributed by atoms with Crippen molar-refractivity contribution in [2.24, 2.45) is 0 Å². The molecule has 1 saturated heterocycles. The van der Waals surface area contributed by atoms with Gasteiger partial charge in [-0.05, 0) is 0 Å². The highest BCUT2D eigenvalue weighted by atomic mass is 16.5. The zero-order valence-electron chi connectivity index (χ0n) is 10.5. The predicted molar refractivity (Wildman–Crippen MR) is 69.1 cm³/mol. The van der Waals surface area contributed by atoms with Crippen molar-refractivity contribution in [3.05, 3.63) is 6.07 Å². The molecule has 18 heavy (non-hydrogen) atoms. The van der Waals surface area contributed by atoms with Crippen LogP contribution in [0, 0.1) is 0 Å². The number of aliphatic hydroxyl groups is 1. The summed E-state index contributed by atoms with van der Waals surface area (Å²) in [4.78, 5) is 9.75. The van der Waals surface area contributed by atoms with Gasteiger partial charge in [-0.25, -0.2) is 0 Å². The summed E-state index contributed by atoms with van der Waals surface area (Å²) in [6, 6.07) is 1.64. The van der Waals surface area contributed by atoms with Gasteiger partial charge in [0.1, 0.15) is 11.6 Å². The first kappa shape index (κ1) is 12.8. The first-order valence-corrected chi connectivity index (χ1v) is 5.90. The molecule has 0 amide bonds. The predicted octanol–water partition coefficient (Wildman–Crippen LogP) is -0.381. The fourth-order valence-electron chi connectivity index (χ4n) is 2.10. The SMILES string of the molecule is CN(CC1(O)CCOCC1)c1cc(N)nc(N)n1. The van der Waals surface area contributed by atoms with Crippen LogP contribution in [0.2, 0.25) is 0 Å². The third kappa shape index (κ3) is 2.99. The number of likely N-dealkylation sites (N-methyl/N-ethyl adjacent to an activating group) is 1. The Morgan fingerprint density at radius 3 is 2.67 bits per heavy atom. The lowest BCUT2D eigenvalue weighted by Crippen LogP contribution is -2.46. The number of hydrogen-bond donors (Lipinski definition) is 3. The molecule has 0 bridgehead atoms. The second-order valence-corrected chi connectivity index (χ2v) is 4.70. The van der Waals surface area contributed by atoms with Crippen molar-refractivity contribution in [2.45, 2.75) is 18.4 Å². The molecule has 1 aromatic heterocycles. The number of nitrogens with two attached hydrogens (primary N) is 2. The lowest BCUT2D eigenvalue weighted by atomic mass is 9.94. The Balaban J connectivity index is 2.08. The van der Waals surface area contributed by atoms with Crippen LogP contribution >= 0.6 is 0 Å². The van der Waals surface area contributed by atoms with E-state index in [9.17, 15) is 5.11 Å². The van der Waals surface area contributed by atoms with Gasteiger partial charge in [-0.15, -0.1) is 0 Å². The molecule has 0 unspecified atom stereocenters. The number of anilines is 3. The van der Waals surface area contributed by atoms with Crippen LogP contribution in [0.5, 0.6) is 0 Å². The number of aromatic nitrogens is 2. The van der Waals surface area contributed by atoms with E-state index in [1.54, 1.807) is 6.07 Å². The van der Waals surface area contributed by atoms with Crippen molar-refractivity contribution in [1.82, 2.24) is 9.97 Å². The molecule has 7 nitrogen and oxygen atoms in total. The molecule has 0 spiro atoms. The van der Waals surface area contributed by atoms with Gasteiger partial charge >= 0.3 is 0 Å². The summed E-state index contributed by atoms with van der Waals surface area (Å²) in [5, 5.41) is 10.4. The van der Waals surface area contributed by atoms with E-state index < -0.39 is 5.60 Å². The van der Waals surface area contributed by atoms with Crippen LogP contribution in [0.15, 0.2) is 6.07 Å². The first-order valence-electron chi connectivity index (χ1n) is 5.90. The van der Waals surface area contributed by atoms with Crippen molar-refractivity contribution < 1.29 is 9.84 Å². The number of nitrogens with zero attached hydrogens (tertiary/aromatic N) is 3. The molecular weight excluding hydrogens is 234 g/mol. The normalized spacial score (nSPS) is 18.6. The zero-order chi connectivity index (χ0) is 13.2. The molecule has 0 atom stereocenters. The lowest BCUT2D eigenvalue weighted by molar-refractivity contribution is -0.0573. The molecule has 0 saturated carbocycles. The van der Waals surface area contributed by atoms with E-state index in [2.05, 4.69) is 9.97 Å². The fraction of sp³-hybridized carbons (Fsp3) is 0.636. The highest BCUT2D eigenvalue weighted by molar-refractivity contribution is 5.50. The maximum Gasteiger partial charge on any atom is 0.223 e. The fourth-order valence-corrected chi connectivity index (χ4v) is 2.10. The van der Waals surface area contributed by atoms with Crippen molar-refractivity contribution in [3.63, 3.8) is 0 Å². The van der Waals surface area contributed by atoms with Gasteiger partial charge in [0.05, 0.1) is 5.60 Å². The standard InChI is InChI=1S/C11H19N5O2/c1-16(7-11(17)2-4-18-5-3-11)9-6-8(12)14-10(13)15-9/h6,17H,2-5,7H2,1H3,(H4,12,13,14,15). The Kier molecular flexibility index (Phi) is 3.53. The van der Waals surface area contributed by atoms with E-state index in [-0.39, 0.29) is 5.95 Å². The second-order valence-electron chi connectivity index (χ2n) is 4.70. The summed E-state index contributed by atoms with van der Waals surface area (Å²) in [6.07, 6.45) is 1.24. The molecule has 1 aromatic rings. The first-order chi connectivity index (χ1) is 8.48. The van der Waals surface area contributed by atoms with Crippen molar-refractivity contribution >= 4 is 17.6 Å². The molecule has 5 N–H and O–H groups in total. The Morgan fingerprint density at radius 2 is 2.06 bits per heavy atom. The van der Waals surface area contributed by atoms with Gasteiger partial charge in [0.2, 0.25) is 5.95 Å². The van der Waals surface area contributed by atoms with Crippen LogP contribution < -0.4 is 16.4 Å². The van der Waals surface area contributed by atoms with Gasteiger partial charge in [-0.2, -0.15) is 9.97 Å². The molecule has 100 valence electrons. The maximum absolute atomic E-state index is 10.4. The average Bonchev–Trinajstić information content (AvgIpc) is 2.28. The zero-order valence-corrected chi connectivity index (χ0v) is 10.5. The number of rotatable bonds is 3. The highest BCUT2D eigenvalue weighted by Gasteiger charge is 2.31. The quantitative estimate of drug-likeness (QED) is 0.673. The number of nitrogen functional groups attached to an aromatic ring is 2. The van der Waals surface area contributed by atoms with Crippen LogP contribution in [0.25, 0.3) is 0 Å². The minimum atomic E-state index is -0.749. The van der Waals surface area contributed by atoms with Gasteiger partial charge in [-0.1, -0.05) is 0 Å². The van der Waals surface area contributed by atoms with Crippen molar-refractivity contribution in [1.29, 1.82) is 0 Å². The van der Waals surface area contributed by atoms with Gasteiger partial charge in [-0.3, -0.25) is 0 Å². The van der Waals surface area contributed by atoms with Crippen LogP contribution in [0.4, 0.5) is 17.6 Å². The summed E-state index contributed by atoms with van der Waals surface area (Å²) in [5.41, 5.74) is 10.4. The monoisotopic (exact) mass is 253 g/mol.